The fourth-order valence-corrected chi connectivity index (χ4v) is 4.19. The van der Waals surface area contributed by atoms with Crippen LogP contribution >= 0.6 is 11.8 Å². The molecule has 6 nitrogen and oxygen atoms in total. The first kappa shape index (κ1) is 21.2. The molecule has 0 radical (unpaired) electrons. The Morgan fingerprint density at radius 3 is 2.39 bits per heavy atom. The number of carbonyl (C=O) groups excluding carboxylic acids is 1. The van der Waals surface area contributed by atoms with Crippen LogP contribution in [0.25, 0.3) is 0 Å². The number of nitrogens with one attached hydrogen (secondary N) is 1. The van der Waals surface area contributed by atoms with Gasteiger partial charge in [0.2, 0.25) is 5.91 Å². The van der Waals surface area contributed by atoms with Crippen molar-refractivity contribution in [3.05, 3.63) is 72.4 Å². The van der Waals surface area contributed by atoms with E-state index in [1.807, 2.05) is 36.4 Å². The van der Waals surface area contributed by atoms with E-state index in [2.05, 4.69) is 56.3 Å². The molecule has 0 bridgehead atoms. The van der Waals surface area contributed by atoms with Crippen LogP contribution in [0.3, 0.4) is 0 Å². The summed E-state index contributed by atoms with van der Waals surface area (Å²) in [5, 5.41) is 3.56. The van der Waals surface area contributed by atoms with E-state index in [4.69, 9.17) is 0 Å². The molecule has 7 heteroatoms. The molecule has 1 aliphatic heterocycles. The van der Waals surface area contributed by atoms with Gasteiger partial charge in [-0.3, -0.25) is 4.79 Å². The number of para-hydroxylation sites is 1. The third-order valence-corrected chi connectivity index (χ3v) is 6.18. The molecule has 160 valence electrons. The highest BCUT2D eigenvalue weighted by atomic mass is 32.2. The Kier molecular flexibility index (Phi) is 7.04. The molecule has 1 N–H and O–H groups in total. The number of nitrogens with zero attached hydrogens (tertiary/aromatic N) is 4. The van der Waals surface area contributed by atoms with E-state index in [1.165, 1.54) is 23.0 Å². The Morgan fingerprint density at radius 2 is 1.68 bits per heavy atom. The molecule has 0 saturated carbocycles. The van der Waals surface area contributed by atoms with Crippen molar-refractivity contribution in [1.29, 1.82) is 0 Å². The van der Waals surface area contributed by atoms with E-state index in [0.29, 0.717) is 5.16 Å². The molecule has 2 heterocycles. The molecule has 31 heavy (non-hydrogen) atoms. The summed E-state index contributed by atoms with van der Waals surface area (Å²) < 4.78 is 0. The number of aryl methyl sites for hydroxylation is 1. The number of rotatable bonds is 7. The normalized spacial score (nSPS) is 13.8. The van der Waals surface area contributed by atoms with Gasteiger partial charge in [-0.25, -0.2) is 9.97 Å². The monoisotopic (exact) mass is 433 g/mol. The second-order valence-corrected chi connectivity index (χ2v) is 8.34. The zero-order valence-electron chi connectivity index (χ0n) is 17.7. The number of thioether (sulfide) groups is 1. The van der Waals surface area contributed by atoms with Crippen molar-refractivity contribution in [2.24, 2.45) is 0 Å². The minimum atomic E-state index is -0.0558. The number of aromatic nitrogens is 2. The zero-order chi connectivity index (χ0) is 21.5. The summed E-state index contributed by atoms with van der Waals surface area (Å²) >= 11 is 1.36. The average molecular weight is 434 g/mol. The van der Waals surface area contributed by atoms with Crippen LogP contribution in [-0.2, 0) is 11.2 Å². The molecule has 1 fully saturated rings. The summed E-state index contributed by atoms with van der Waals surface area (Å²) in [7, 11) is 0. The number of amides is 1. The van der Waals surface area contributed by atoms with Gasteiger partial charge >= 0.3 is 0 Å². The highest BCUT2D eigenvalue weighted by Gasteiger charge is 2.19. The molecule has 0 aliphatic carbocycles. The number of benzene rings is 2. The number of hydrogen-bond acceptors (Lipinski definition) is 6. The Morgan fingerprint density at radius 1 is 0.968 bits per heavy atom. The summed E-state index contributed by atoms with van der Waals surface area (Å²) in [5.74, 6) is 1.14. The van der Waals surface area contributed by atoms with Crippen molar-refractivity contribution < 1.29 is 4.79 Å². The van der Waals surface area contributed by atoms with Gasteiger partial charge in [-0.2, -0.15) is 0 Å². The van der Waals surface area contributed by atoms with Crippen molar-refractivity contribution in [3.63, 3.8) is 0 Å². The molecule has 2 aromatic carbocycles. The predicted octanol–water partition coefficient (Wildman–Crippen LogP) is 4.10. The minimum Gasteiger partial charge on any atom is -0.368 e. The van der Waals surface area contributed by atoms with Crippen molar-refractivity contribution in [2.45, 2.75) is 18.5 Å². The summed E-state index contributed by atoms with van der Waals surface area (Å²) in [6.45, 7) is 5.83. The number of hydrogen-bond donors (Lipinski definition) is 1. The Balaban J connectivity index is 1.28. The van der Waals surface area contributed by atoms with Crippen molar-refractivity contribution in [2.75, 3.05) is 47.0 Å². The summed E-state index contributed by atoms with van der Waals surface area (Å²) in [5.41, 5.74) is 3.33. The van der Waals surface area contributed by atoms with Crippen molar-refractivity contribution in [3.8, 4) is 0 Å². The number of carbonyl (C=O) groups is 1. The minimum absolute atomic E-state index is 0.0558. The first-order valence-corrected chi connectivity index (χ1v) is 11.6. The van der Waals surface area contributed by atoms with Crippen molar-refractivity contribution >= 4 is 34.9 Å². The SMILES string of the molecule is CCc1ccc(NC(=O)CSc2nccc(N3CCN(c4ccccc4)CC3)n2)cc1. The third kappa shape index (κ3) is 5.76. The summed E-state index contributed by atoms with van der Waals surface area (Å²) in [6.07, 6.45) is 2.76. The topological polar surface area (TPSA) is 61.4 Å². The summed E-state index contributed by atoms with van der Waals surface area (Å²) in [6, 6.07) is 20.4. The second kappa shape index (κ2) is 10.3. The molecule has 0 atom stereocenters. The van der Waals surface area contributed by atoms with Crippen LogP contribution in [0.4, 0.5) is 17.2 Å². The van der Waals surface area contributed by atoms with Crippen LogP contribution in [0.1, 0.15) is 12.5 Å². The van der Waals surface area contributed by atoms with Crippen LogP contribution < -0.4 is 15.1 Å². The van der Waals surface area contributed by atoms with Gasteiger partial charge < -0.3 is 15.1 Å². The fourth-order valence-electron chi connectivity index (χ4n) is 3.56. The van der Waals surface area contributed by atoms with Crippen LogP contribution in [0.15, 0.2) is 72.0 Å². The molecule has 3 aromatic rings. The molecular weight excluding hydrogens is 406 g/mol. The van der Waals surface area contributed by atoms with Crippen LogP contribution in [0.5, 0.6) is 0 Å². The van der Waals surface area contributed by atoms with Crippen LogP contribution in [0, 0.1) is 0 Å². The standard InChI is InChI=1S/C24H27N5OS/c1-2-19-8-10-20(11-9-19)26-23(30)18-31-24-25-13-12-22(27-24)29-16-14-28(15-17-29)21-6-4-3-5-7-21/h3-13H,2,14-18H2,1H3,(H,26,30). The highest BCUT2D eigenvalue weighted by molar-refractivity contribution is 7.99. The van der Waals surface area contributed by atoms with Gasteiger partial charge in [-0.15, -0.1) is 0 Å². The van der Waals surface area contributed by atoms with E-state index in [-0.39, 0.29) is 11.7 Å². The van der Waals surface area contributed by atoms with E-state index in [9.17, 15) is 4.79 Å². The molecular formula is C24H27N5OS. The largest absolute Gasteiger partial charge is 0.368 e. The second-order valence-electron chi connectivity index (χ2n) is 7.39. The smallest absolute Gasteiger partial charge is 0.234 e. The lowest BCUT2D eigenvalue weighted by Crippen LogP contribution is -2.46. The molecule has 4 rings (SSSR count). The van der Waals surface area contributed by atoms with E-state index in [0.717, 1.165) is 44.1 Å². The maximum absolute atomic E-state index is 12.3. The molecule has 1 aromatic heterocycles. The number of piperazine rings is 1. The quantitative estimate of drug-likeness (QED) is 0.447. The zero-order valence-corrected chi connectivity index (χ0v) is 18.5. The molecule has 0 unspecified atom stereocenters. The lowest BCUT2D eigenvalue weighted by Gasteiger charge is -2.36. The van der Waals surface area contributed by atoms with Gasteiger partial charge in [-0.1, -0.05) is 49.0 Å². The molecule has 0 spiro atoms. The van der Waals surface area contributed by atoms with Gasteiger partial charge in [0.25, 0.3) is 0 Å². The Hall–Kier alpha value is -3.06. The molecule has 1 saturated heterocycles. The Labute approximate surface area is 187 Å². The van der Waals surface area contributed by atoms with Gasteiger partial charge in [0.15, 0.2) is 5.16 Å². The first-order valence-electron chi connectivity index (χ1n) is 10.6. The van der Waals surface area contributed by atoms with Gasteiger partial charge in [0.1, 0.15) is 5.82 Å². The van der Waals surface area contributed by atoms with E-state index < -0.39 is 0 Å². The third-order valence-electron chi connectivity index (χ3n) is 5.32. The average Bonchev–Trinajstić information content (AvgIpc) is 2.84. The predicted molar refractivity (Wildman–Crippen MR) is 128 cm³/mol. The molecule has 1 amide bonds. The van der Waals surface area contributed by atoms with Crippen molar-refractivity contribution in [1.82, 2.24) is 9.97 Å². The highest BCUT2D eigenvalue weighted by Crippen LogP contribution is 2.21. The van der Waals surface area contributed by atoms with Gasteiger partial charge in [-0.05, 0) is 42.3 Å². The van der Waals surface area contributed by atoms with Gasteiger partial charge in [0.05, 0.1) is 5.75 Å². The van der Waals surface area contributed by atoms with Crippen LogP contribution in [0.2, 0.25) is 0 Å². The van der Waals surface area contributed by atoms with Gasteiger partial charge in [0, 0.05) is 43.8 Å². The van der Waals surface area contributed by atoms with Crippen LogP contribution in [-0.4, -0.2) is 47.8 Å². The Bertz CT molecular complexity index is 988. The first-order chi connectivity index (χ1) is 15.2. The summed E-state index contributed by atoms with van der Waals surface area (Å²) in [4.78, 5) is 26.0. The maximum atomic E-state index is 12.3. The number of anilines is 3. The van der Waals surface area contributed by atoms with E-state index >= 15 is 0 Å². The lowest BCUT2D eigenvalue weighted by atomic mass is 10.1. The molecule has 1 aliphatic rings. The lowest BCUT2D eigenvalue weighted by molar-refractivity contribution is -0.113. The fraction of sp³-hybridized carbons (Fsp3) is 0.292. The maximum Gasteiger partial charge on any atom is 0.234 e. The van der Waals surface area contributed by atoms with E-state index in [1.54, 1.807) is 6.20 Å².